The molecule has 1 aliphatic heterocycles. The highest BCUT2D eigenvalue weighted by atomic mass is 16.5. The van der Waals surface area contributed by atoms with Crippen molar-refractivity contribution in [1.82, 2.24) is 4.90 Å². The van der Waals surface area contributed by atoms with Crippen molar-refractivity contribution in [2.45, 2.75) is 56.6 Å². The van der Waals surface area contributed by atoms with Crippen molar-refractivity contribution in [2.75, 3.05) is 19.7 Å². The van der Waals surface area contributed by atoms with Gasteiger partial charge < -0.3 is 15.4 Å². The molecule has 0 unspecified atom stereocenters. The summed E-state index contributed by atoms with van der Waals surface area (Å²) in [5.74, 6) is 0.685. The van der Waals surface area contributed by atoms with Gasteiger partial charge in [-0.05, 0) is 38.5 Å². The summed E-state index contributed by atoms with van der Waals surface area (Å²) in [6, 6.07) is 0.330. The van der Waals surface area contributed by atoms with Crippen LogP contribution in [0.5, 0.6) is 0 Å². The van der Waals surface area contributed by atoms with Gasteiger partial charge in [-0.25, -0.2) is 0 Å². The fourth-order valence-electron chi connectivity index (χ4n) is 3.42. The van der Waals surface area contributed by atoms with Gasteiger partial charge in [-0.2, -0.15) is 0 Å². The van der Waals surface area contributed by atoms with Gasteiger partial charge in [-0.15, -0.1) is 0 Å². The normalized spacial score (nSPS) is 37.6. The molecule has 4 nitrogen and oxygen atoms in total. The fourth-order valence-corrected chi connectivity index (χ4v) is 3.42. The number of hydrogen-bond donors (Lipinski definition) is 1. The third kappa shape index (κ3) is 2.28. The second kappa shape index (κ2) is 4.82. The number of hydrogen-bond acceptors (Lipinski definition) is 3. The van der Waals surface area contributed by atoms with Crippen LogP contribution in [0.3, 0.4) is 0 Å². The first-order valence-corrected chi connectivity index (χ1v) is 7.37. The zero-order valence-corrected chi connectivity index (χ0v) is 11.1. The van der Waals surface area contributed by atoms with E-state index in [1.54, 1.807) is 0 Å². The number of carbonyl (C=O) groups is 1. The molecular formula is C14H24N2O2. The van der Waals surface area contributed by atoms with Crippen molar-refractivity contribution >= 4 is 5.91 Å². The van der Waals surface area contributed by atoms with Crippen LogP contribution in [0.25, 0.3) is 0 Å². The number of nitrogens with zero attached hydrogens (tertiary/aromatic N) is 1. The van der Waals surface area contributed by atoms with Crippen molar-refractivity contribution in [1.29, 1.82) is 0 Å². The lowest BCUT2D eigenvalue weighted by Crippen LogP contribution is -2.57. The molecule has 4 heteroatoms. The van der Waals surface area contributed by atoms with Gasteiger partial charge in [-0.1, -0.05) is 6.42 Å². The molecular weight excluding hydrogens is 228 g/mol. The molecule has 0 radical (unpaired) electrons. The van der Waals surface area contributed by atoms with E-state index in [1.807, 2.05) is 0 Å². The Balaban J connectivity index is 1.62. The lowest BCUT2D eigenvalue weighted by atomic mass is 9.80. The first-order valence-electron chi connectivity index (χ1n) is 7.37. The third-order valence-corrected chi connectivity index (χ3v) is 4.96. The third-order valence-electron chi connectivity index (χ3n) is 4.96. The Morgan fingerprint density at radius 1 is 1.22 bits per heavy atom. The molecule has 0 atom stereocenters. The molecule has 2 N–H and O–H groups in total. The van der Waals surface area contributed by atoms with Crippen LogP contribution in [0.2, 0.25) is 0 Å². The maximum atomic E-state index is 12.3. The zero-order valence-electron chi connectivity index (χ0n) is 11.1. The molecule has 3 aliphatic rings. The summed E-state index contributed by atoms with van der Waals surface area (Å²) in [6.45, 7) is 2.28. The minimum absolute atomic E-state index is 0.0759. The van der Waals surface area contributed by atoms with Crippen LogP contribution in [0.1, 0.15) is 44.9 Å². The van der Waals surface area contributed by atoms with Crippen molar-refractivity contribution in [2.24, 2.45) is 11.7 Å². The van der Waals surface area contributed by atoms with Crippen LogP contribution in [-0.4, -0.2) is 42.1 Å². The SMILES string of the molecule is NC1CCC2(CC1)CN(C(=O)C1CCC1)CCO2. The average Bonchev–Trinajstić information content (AvgIpc) is 2.31. The average molecular weight is 252 g/mol. The first-order chi connectivity index (χ1) is 8.69. The predicted molar refractivity (Wildman–Crippen MR) is 69.0 cm³/mol. The molecule has 1 saturated heterocycles. The molecule has 0 aromatic heterocycles. The number of ether oxygens (including phenoxy) is 1. The van der Waals surface area contributed by atoms with Gasteiger partial charge in [0.05, 0.1) is 12.2 Å². The van der Waals surface area contributed by atoms with Gasteiger partial charge >= 0.3 is 0 Å². The molecule has 0 aromatic carbocycles. The minimum atomic E-state index is -0.0759. The van der Waals surface area contributed by atoms with Crippen molar-refractivity contribution < 1.29 is 9.53 Å². The van der Waals surface area contributed by atoms with E-state index in [-0.39, 0.29) is 5.60 Å². The second-order valence-electron chi connectivity index (χ2n) is 6.26. The van der Waals surface area contributed by atoms with E-state index in [4.69, 9.17) is 10.5 Å². The van der Waals surface area contributed by atoms with E-state index in [9.17, 15) is 4.79 Å². The summed E-state index contributed by atoms with van der Waals surface area (Å²) in [6.07, 6.45) is 7.50. The fraction of sp³-hybridized carbons (Fsp3) is 0.929. The van der Waals surface area contributed by atoms with E-state index in [1.165, 1.54) is 6.42 Å². The van der Waals surface area contributed by atoms with Gasteiger partial charge in [-0.3, -0.25) is 4.79 Å². The zero-order chi connectivity index (χ0) is 12.6. The van der Waals surface area contributed by atoms with Gasteiger partial charge in [0.25, 0.3) is 0 Å². The quantitative estimate of drug-likeness (QED) is 0.765. The van der Waals surface area contributed by atoms with Crippen LogP contribution in [0, 0.1) is 5.92 Å². The van der Waals surface area contributed by atoms with Gasteiger partial charge in [0.1, 0.15) is 0 Å². The van der Waals surface area contributed by atoms with Gasteiger partial charge in [0.2, 0.25) is 5.91 Å². The van der Waals surface area contributed by atoms with Crippen LogP contribution >= 0.6 is 0 Å². The highest BCUT2D eigenvalue weighted by molar-refractivity contribution is 5.79. The summed E-state index contributed by atoms with van der Waals surface area (Å²) in [7, 11) is 0. The summed E-state index contributed by atoms with van der Waals surface area (Å²) >= 11 is 0. The molecule has 1 heterocycles. The van der Waals surface area contributed by atoms with Gasteiger partial charge in [0, 0.05) is 25.0 Å². The molecule has 2 aliphatic carbocycles. The van der Waals surface area contributed by atoms with E-state index >= 15 is 0 Å². The smallest absolute Gasteiger partial charge is 0.225 e. The summed E-state index contributed by atoms with van der Waals surface area (Å²) in [5.41, 5.74) is 5.89. The number of carbonyl (C=O) groups excluding carboxylic acids is 1. The molecule has 18 heavy (non-hydrogen) atoms. The lowest BCUT2D eigenvalue weighted by molar-refractivity contribution is -0.162. The molecule has 3 fully saturated rings. The summed E-state index contributed by atoms with van der Waals surface area (Å²) < 4.78 is 6.02. The summed E-state index contributed by atoms with van der Waals surface area (Å²) in [5, 5.41) is 0. The predicted octanol–water partition coefficient (Wildman–Crippen LogP) is 1.29. The van der Waals surface area contributed by atoms with E-state index < -0.39 is 0 Å². The Morgan fingerprint density at radius 2 is 1.94 bits per heavy atom. The largest absolute Gasteiger partial charge is 0.371 e. The van der Waals surface area contributed by atoms with Gasteiger partial charge in [0.15, 0.2) is 0 Å². The van der Waals surface area contributed by atoms with E-state index in [0.717, 1.165) is 51.6 Å². The number of rotatable bonds is 1. The first kappa shape index (κ1) is 12.4. The number of nitrogens with two attached hydrogens (primary N) is 1. The van der Waals surface area contributed by atoms with Crippen molar-refractivity contribution in [3.63, 3.8) is 0 Å². The van der Waals surface area contributed by atoms with Crippen LogP contribution in [0.4, 0.5) is 0 Å². The molecule has 0 bridgehead atoms. The lowest BCUT2D eigenvalue weighted by Gasteiger charge is -2.47. The van der Waals surface area contributed by atoms with Crippen LogP contribution < -0.4 is 5.73 Å². The van der Waals surface area contributed by atoms with Crippen LogP contribution in [0.15, 0.2) is 0 Å². The highest BCUT2D eigenvalue weighted by Gasteiger charge is 2.42. The molecule has 102 valence electrons. The minimum Gasteiger partial charge on any atom is -0.371 e. The van der Waals surface area contributed by atoms with Crippen molar-refractivity contribution in [3.8, 4) is 0 Å². The monoisotopic (exact) mass is 252 g/mol. The Hall–Kier alpha value is -0.610. The Bertz CT molecular complexity index is 320. The molecule has 1 spiro atoms. The van der Waals surface area contributed by atoms with Crippen molar-refractivity contribution in [3.05, 3.63) is 0 Å². The highest BCUT2D eigenvalue weighted by Crippen LogP contribution is 2.36. The Kier molecular flexibility index (Phi) is 3.32. The number of morpholine rings is 1. The number of amides is 1. The molecule has 2 saturated carbocycles. The summed E-state index contributed by atoms with van der Waals surface area (Å²) in [4.78, 5) is 14.4. The Morgan fingerprint density at radius 3 is 2.56 bits per heavy atom. The molecule has 3 rings (SSSR count). The molecule has 1 amide bonds. The molecule has 0 aromatic rings. The topological polar surface area (TPSA) is 55.6 Å². The van der Waals surface area contributed by atoms with Crippen LogP contribution in [-0.2, 0) is 9.53 Å². The maximum Gasteiger partial charge on any atom is 0.225 e. The second-order valence-corrected chi connectivity index (χ2v) is 6.26. The van der Waals surface area contributed by atoms with E-state index in [2.05, 4.69) is 4.90 Å². The standard InChI is InChI=1S/C14H24N2O2/c15-12-4-6-14(7-5-12)10-16(8-9-18-14)13(17)11-2-1-3-11/h11-12H,1-10,15H2. The van der Waals surface area contributed by atoms with E-state index in [0.29, 0.717) is 24.5 Å². The maximum absolute atomic E-state index is 12.3. The Labute approximate surface area is 109 Å².